The third-order valence-electron chi connectivity index (χ3n) is 4.06. The third-order valence-corrected chi connectivity index (χ3v) is 4.06. The normalized spacial score (nSPS) is 26.1. The van der Waals surface area contributed by atoms with E-state index in [1.807, 2.05) is 20.8 Å². The Morgan fingerprint density at radius 1 is 1.22 bits per heavy atom. The summed E-state index contributed by atoms with van der Waals surface area (Å²) in [7, 11) is 0.784. The van der Waals surface area contributed by atoms with Crippen molar-refractivity contribution in [2.75, 3.05) is 7.11 Å². The van der Waals surface area contributed by atoms with E-state index in [2.05, 4.69) is 9.73 Å². The molecule has 132 valence electrons. The Morgan fingerprint density at radius 3 is 2.30 bits per heavy atom. The molecule has 0 heterocycles. The first-order valence-corrected chi connectivity index (χ1v) is 7.51. The van der Waals surface area contributed by atoms with Crippen LogP contribution >= 0.6 is 0 Å². The second-order valence-corrected chi connectivity index (χ2v) is 6.20. The van der Waals surface area contributed by atoms with E-state index in [0.717, 1.165) is 20.0 Å². The van der Waals surface area contributed by atoms with Crippen LogP contribution in [0, 0.1) is 17.8 Å². The Hall–Kier alpha value is -1.60. The van der Waals surface area contributed by atoms with Gasteiger partial charge in [-0.15, -0.1) is 0 Å². The number of carbonyl (C=O) groups excluding carboxylic acids is 2. The van der Waals surface area contributed by atoms with Crippen LogP contribution in [0.25, 0.3) is 0 Å². The monoisotopic (exact) mass is 337 g/mol. The number of aliphatic imine (C=N–C) groups is 1. The molecule has 1 fully saturated rings. The van der Waals surface area contributed by atoms with Crippen molar-refractivity contribution < 1.29 is 32.2 Å². The highest BCUT2D eigenvalue weighted by Crippen LogP contribution is 2.35. The van der Waals surface area contributed by atoms with Crippen LogP contribution in [0.5, 0.6) is 0 Å². The lowest BCUT2D eigenvalue weighted by Gasteiger charge is -2.36. The number of esters is 1. The molecule has 0 spiro atoms. The van der Waals surface area contributed by atoms with Crippen LogP contribution in [0.3, 0.4) is 0 Å². The lowest BCUT2D eigenvalue weighted by Crippen LogP contribution is -2.37. The molecule has 0 aromatic heterocycles. The van der Waals surface area contributed by atoms with Crippen molar-refractivity contribution in [1.82, 2.24) is 0 Å². The number of amides is 1. The standard InChI is InChI=1S/C15H22F3NO4/c1-8(2)10-6-5-9(3)7-11(10)23-14(21)19-12(13(20)22-4)15(16,17)18/h8-11H,5-7H2,1-4H3/b19-12+/t9-,10+,11-/m1/s1. The number of halogens is 3. The fourth-order valence-electron chi connectivity index (χ4n) is 2.82. The maximum absolute atomic E-state index is 12.7. The molecule has 0 aromatic rings. The van der Waals surface area contributed by atoms with Gasteiger partial charge in [0, 0.05) is 0 Å². The van der Waals surface area contributed by atoms with E-state index < -0.39 is 30.1 Å². The summed E-state index contributed by atoms with van der Waals surface area (Å²) in [4.78, 5) is 25.7. The van der Waals surface area contributed by atoms with Crippen molar-refractivity contribution in [2.45, 2.75) is 52.3 Å². The zero-order valence-electron chi connectivity index (χ0n) is 13.6. The molecule has 1 aliphatic carbocycles. The first-order chi connectivity index (χ1) is 10.6. The van der Waals surface area contributed by atoms with Gasteiger partial charge in [0.25, 0.3) is 0 Å². The number of methoxy groups -OCH3 is 1. The molecule has 0 N–H and O–H groups in total. The predicted molar refractivity (Wildman–Crippen MR) is 77.1 cm³/mol. The average molecular weight is 337 g/mol. The minimum absolute atomic E-state index is 0.0674. The molecule has 0 unspecified atom stereocenters. The van der Waals surface area contributed by atoms with Crippen LogP contribution in [0.1, 0.15) is 40.0 Å². The van der Waals surface area contributed by atoms with Crippen molar-refractivity contribution in [3.05, 3.63) is 0 Å². The smallest absolute Gasteiger partial charge is 0.440 e. The van der Waals surface area contributed by atoms with Gasteiger partial charge in [-0.2, -0.15) is 18.2 Å². The van der Waals surface area contributed by atoms with E-state index in [1.165, 1.54) is 0 Å². The number of ether oxygens (including phenoxy) is 2. The zero-order valence-corrected chi connectivity index (χ0v) is 13.6. The minimum Gasteiger partial charge on any atom is -0.464 e. The van der Waals surface area contributed by atoms with Crippen LogP contribution in [-0.4, -0.2) is 37.2 Å². The van der Waals surface area contributed by atoms with Crippen LogP contribution < -0.4 is 0 Å². The summed E-state index contributed by atoms with van der Waals surface area (Å²) in [6, 6.07) is 0. The highest BCUT2D eigenvalue weighted by molar-refractivity contribution is 6.40. The highest BCUT2D eigenvalue weighted by Gasteiger charge is 2.43. The van der Waals surface area contributed by atoms with Gasteiger partial charge >= 0.3 is 18.2 Å². The largest absolute Gasteiger partial charge is 0.464 e. The molecule has 0 saturated heterocycles. The van der Waals surface area contributed by atoms with Gasteiger partial charge in [-0.3, -0.25) is 0 Å². The number of hydrogen-bond donors (Lipinski definition) is 0. The predicted octanol–water partition coefficient (Wildman–Crippen LogP) is 3.76. The van der Waals surface area contributed by atoms with Crippen molar-refractivity contribution in [3.63, 3.8) is 0 Å². The molecule has 1 aliphatic rings. The first kappa shape index (κ1) is 19.4. The van der Waals surface area contributed by atoms with Crippen molar-refractivity contribution >= 4 is 17.8 Å². The lowest BCUT2D eigenvalue weighted by atomic mass is 9.75. The summed E-state index contributed by atoms with van der Waals surface area (Å²) < 4.78 is 47.3. The highest BCUT2D eigenvalue weighted by atomic mass is 19.4. The average Bonchev–Trinajstić information content (AvgIpc) is 2.42. The van der Waals surface area contributed by atoms with Crippen LogP contribution in [0.2, 0.25) is 0 Å². The maximum atomic E-state index is 12.7. The zero-order chi connectivity index (χ0) is 17.8. The lowest BCUT2D eigenvalue weighted by molar-refractivity contribution is -0.137. The second-order valence-electron chi connectivity index (χ2n) is 6.20. The van der Waals surface area contributed by atoms with Gasteiger partial charge < -0.3 is 9.47 Å². The molecule has 0 radical (unpaired) electrons. The fraction of sp³-hybridized carbons (Fsp3) is 0.800. The number of alkyl halides is 3. The van der Waals surface area contributed by atoms with E-state index >= 15 is 0 Å². The summed E-state index contributed by atoms with van der Waals surface area (Å²) >= 11 is 0. The fourth-order valence-corrected chi connectivity index (χ4v) is 2.82. The Kier molecular flexibility index (Phi) is 6.58. The number of nitrogens with zero attached hydrogens (tertiary/aromatic N) is 1. The molecule has 1 saturated carbocycles. The summed E-state index contributed by atoms with van der Waals surface area (Å²) in [5.74, 6) is -1.11. The molecule has 1 rings (SSSR count). The maximum Gasteiger partial charge on any atom is 0.440 e. The van der Waals surface area contributed by atoms with E-state index in [9.17, 15) is 22.8 Å². The first-order valence-electron chi connectivity index (χ1n) is 7.51. The van der Waals surface area contributed by atoms with Crippen LogP contribution in [-0.2, 0) is 14.3 Å². The Labute approximate surface area is 133 Å². The van der Waals surface area contributed by atoms with Crippen LogP contribution in [0.15, 0.2) is 4.99 Å². The topological polar surface area (TPSA) is 65.0 Å². The molecular formula is C15H22F3NO4. The minimum atomic E-state index is -5.08. The van der Waals surface area contributed by atoms with E-state index in [1.54, 1.807) is 0 Å². The molecule has 0 bridgehead atoms. The number of carbonyl (C=O) groups is 2. The molecule has 1 amide bonds. The van der Waals surface area contributed by atoms with E-state index in [-0.39, 0.29) is 11.8 Å². The van der Waals surface area contributed by atoms with Crippen molar-refractivity contribution in [3.8, 4) is 0 Å². The Morgan fingerprint density at radius 2 is 1.83 bits per heavy atom. The molecule has 8 heteroatoms. The summed E-state index contributed by atoms with van der Waals surface area (Å²) in [6.45, 7) is 5.94. The molecule has 5 nitrogen and oxygen atoms in total. The number of rotatable bonds is 3. The summed E-state index contributed by atoms with van der Waals surface area (Å²) in [5.41, 5.74) is -1.91. The quantitative estimate of drug-likeness (QED) is 0.581. The van der Waals surface area contributed by atoms with Gasteiger partial charge in [0.2, 0.25) is 5.71 Å². The summed E-state index contributed by atoms with van der Waals surface area (Å²) in [6.07, 6.45) is -4.60. The molecule has 0 aliphatic heterocycles. The van der Waals surface area contributed by atoms with Crippen molar-refractivity contribution in [2.24, 2.45) is 22.7 Å². The van der Waals surface area contributed by atoms with Gasteiger partial charge in [0.05, 0.1) is 7.11 Å². The van der Waals surface area contributed by atoms with Gasteiger partial charge in [-0.1, -0.05) is 27.2 Å². The summed E-state index contributed by atoms with van der Waals surface area (Å²) in [5, 5.41) is 0. The van der Waals surface area contributed by atoms with E-state index in [0.29, 0.717) is 12.3 Å². The van der Waals surface area contributed by atoms with Crippen LogP contribution in [0.4, 0.5) is 18.0 Å². The molecule has 3 atom stereocenters. The number of hydrogen-bond acceptors (Lipinski definition) is 4. The van der Waals surface area contributed by atoms with E-state index in [4.69, 9.17) is 4.74 Å². The molecule has 0 aromatic carbocycles. The second kappa shape index (κ2) is 7.79. The van der Waals surface area contributed by atoms with Crippen molar-refractivity contribution in [1.29, 1.82) is 0 Å². The third kappa shape index (κ3) is 5.51. The Bertz CT molecular complexity index is 474. The molecular weight excluding hydrogens is 315 g/mol. The van der Waals surface area contributed by atoms with Gasteiger partial charge in [0.1, 0.15) is 6.10 Å². The van der Waals surface area contributed by atoms with Gasteiger partial charge in [-0.05, 0) is 30.6 Å². The van der Waals surface area contributed by atoms with Gasteiger partial charge in [0.15, 0.2) is 0 Å². The molecule has 23 heavy (non-hydrogen) atoms. The Balaban J connectivity index is 2.90. The van der Waals surface area contributed by atoms with Gasteiger partial charge in [-0.25, -0.2) is 9.59 Å². The SMILES string of the molecule is COC(=O)/C(=N\C(=O)O[C@@H]1C[C@H](C)CC[C@H]1C(C)C)C(F)(F)F.